The van der Waals surface area contributed by atoms with Gasteiger partial charge in [0.25, 0.3) is 0 Å². The normalized spacial score (nSPS) is 21.9. The molecule has 1 saturated heterocycles. The van der Waals surface area contributed by atoms with E-state index >= 15 is 0 Å². The van der Waals surface area contributed by atoms with Gasteiger partial charge in [0, 0.05) is 6.42 Å². The van der Waals surface area contributed by atoms with Crippen LogP contribution in [-0.4, -0.2) is 28.1 Å². The second-order valence-electron chi connectivity index (χ2n) is 2.89. The maximum Gasteiger partial charge on any atom is 0.249 e. The molecule has 7 heteroatoms. The van der Waals surface area contributed by atoms with Crippen LogP contribution in [0.25, 0.3) is 0 Å². The van der Waals surface area contributed by atoms with E-state index in [-0.39, 0.29) is 17.9 Å². The summed E-state index contributed by atoms with van der Waals surface area (Å²) >= 11 is 1.32. The number of anilines is 1. The number of imide groups is 1. The van der Waals surface area contributed by atoms with E-state index in [0.29, 0.717) is 18.0 Å². The molecule has 6 nitrogen and oxygen atoms in total. The predicted molar refractivity (Wildman–Crippen MR) is 49.7 cm³/mol. The highest BCUT2D eigenvalue weighted by atomic mass is 32.1. The summed E-state index contributed by atoms with van der Waals surface area (Å²) in [6.07, 6.45) is 0.868. The molecule has 14 heavy (non-hydrogen) atoms. The number of carbonyl (C=O) groups is 2. The molecule has 2 rings (SSSR count). The van der Waals surface area contributed by atoms with Gasteiger partial charge in [-0.25, -0.2) is 0 Å². The van der Waals surface area contributed by atoms with Crippen LogP contribution in [0.15, 0.2) is 5.51 Å². The van der Waals surface area contributed by atoms with E-state index in [9.17, 15) is 9.59 Å². The van der Waals surface area contributed by atoms with Crippen LogP contribution in [0.2, 0.25) is 0 Å². The standard InChI is InChI=1S/C7H8N4O2S/c12-5-2-1-4(6(13)10-5)9-7-11-8-3-14-7/h3-4H,1-2H2,(H,9,11)(H,10,12,13). The SMILES string of the molecule is O=C1CCC(Nc2nncs2)C(=O)N1. The van der Waals surface area contributed by atoms with Crippen molar-refractivity contribution in [3.05, 3.63) is 5.51 Å². The lowest BCUT2D eigenvalue weighted by molar-refractivity contribution is -0.133. The van der Waals surface area contributed by atoms with Gasteiger partial charge < -0.3 is 5.32 Å². The molecular weight excluding hydrogens is 204 g/mol. The van der Waals surface area contributed by atoms with Crippen molar-refractivity contribution in [1.82, 2.24) is 15.5 Å². The summed E-state index contributed by atoms with van der Waals surface area (Å²) in [6.45, 7) is 0. The summed E-state index contributed by atoms with van der Waals surface area (Å²) in [5.41, 5.74) is 1.58. The lowest BCUT2D eigenvalue weighted by Gasteiger charge is -2.20. The Bertz CT molecular complexity index is 351. The average Bonchev–Trinajstić information content (AvgIpc) is 2.62. The van der Waals surface area contributed by atoms with Gasteiger partial charge in [0.05, 0.1) is 0 Å². The summed E-state index contributed by atoms with van der Waals surface area (Å²) in [5.74, 6) is -0.512. The van der Waals surface area contributed by atoms with Gasteiger partial charge >= 0.3 is 0 Å². The maximum atomic E-state index is 11.3. The number of hydrogen-bond acceptors (Lipinski definition) is 6. The molecule has 1 aromatic rings. The topological polar surface area (TPSA) is 84.0 Å². The van der Waals surface area contributed by atoms with E-state index < -0.39 is 0 Å². The fraction of sp³-hybridized carbons (Fsp3) is 0.429. The first-order valence-electron chi connectivity index (χ1n) is 4.12. The molecule has 0 saturated carbocycles. The van der Waals surface area contributed by atoms with Crippen LogP contribution in [0.1, 0.15) is 12.8 Å². The van der Waals surface area contributed by atoms with Gasteiger partial charge in [-0.2, -0.15) is 0 Å². The van der Waals surface area contributed by atoms with Crippen molar-refractivity contribution < 1.29 is 9.59 Å². The Balaban J connectivity index is 1.99. The Labute approximate surface area is 83.7 Å². The zero-order valence-electron chi connectivity index (χ0n) is 7.19. The molecule has 1 aliphatic heterocycles. The second kappa shape index (κ2) is 3.70. The minimum Gasteiger partial charge on any atom is -0.348 e. The van der Waals surface area contributed by atoms with Crippen LogP contribution >= 0.6 is 11.3 Å². The number of hydrogen-bond donors (Lipinski definition) is 2. The number of carbonyl (C=O) groups excluding carboxylic acids is 2. The molecule has 2 N–H and O–H groups in total. The van der Waals surface area contributed by atoms with Gasteiger partial charge in [0.2, 0.25) is 16.9 Å². The fourth-order valence-electron chi connectivity index (χ4n) is 1.22. The molecule has 0 bridgehead atoms. The highest BCUT2D eigenvalue weighted by Crippen LogP contribution is 2.14. The summed E-state index contributed by atoms with van der Waals surface area (Å²) in [5, 5.41) is 13.2. The molecule has 1 fully saturated rings. The van der Waals surface area contributed by atoms with Gasteiger partial charge in [-0.1, -0.05) is 11.3 Å². The van der Waals surface area contributed by atoms with Crippen LogP contribution in [0.5, 0.6) is 0 Å². The molecule has 2 heterocycles. The molecule has 2 amide bonds. The van der Waals surface area contributed by atoms with Crippen molar-refractivity contribution >= 4 is 28.3 Å². The Hall–Kier alpha value is -1.50. The number of amides is 2. The fourth-order valence-corrected chi connectivity index (χ4v) is 1.71. The molecule has 0 aliphatic carbocycles. The Morgan fingerprint density at radius 2 is 2.43 bits per heavy atom. The highest BCUT2D eigenvalue weighted by Gasteiger charge is 2.26. The minimum absolute atomic E-state index is 0.217. The van der Waals surface area contributed by atoms with Crippen molar-refractivity contribution in [3.8, 4) is 0 Å². The van der Waals surface area contributed by atoms with Gasteiger partial charge in [-0.3, -0.25) is 14.9 Å². The van der Waals surface area contributed by atoms with E-state index in [0.717, 1.165) is 0 Å². The van der Waals surface area contributed by atoms with Crippen molar-refractivity contribution in [2.45, 2.75) is 18.9 Å². The van der Waals surface area contributed by atoms with E-state index in [1.54, 1.807) is 5.51 Å². The molecule has 74 valence electrons. The summed E-state index contributed by atoms with van der Waals surface area (Å²) in [4.78, 5) is 22.1. The quantitative estimate of drug-likeness (QED) is 0.661. The second-order valence-corrected chi connectivity index (χ2v) is 3.73. The number of nitrogens with one attached hydrogen (secondary N) is 2. The van der Waals surface area contributed by atoms with Crippen LogP contribution in [-0.2, 0) is 9.59 Å². The van der Waals surface area contributed by atoms with E-state index in [4.69, 9.17) is 0 Å². The van der Waals surface area contributed by atoms with Crippen LogP contribution in [0, 0.1) is 0 Å². The monoisotopic (exact) mass is 212 g/mol. The van der Waals surface area contributed by atoms with Crippen molar-refractivity contribution in [2.24, 2.45) is 0 Å². The van der Waals surface area contributed by atoms with Crippen molar-refractivity contribution in [1.29, 1.82) is 0 Å². The van der Waals surface area contributed by atoms with Crippen LogP contribution in [0.4, 0.5) is 5.13 Å². The van der Waals surface area contributed by atoms with Gasteiger partial charge in [-0.15, -0.1) is 10.2 Å². The number of aromatic nitrogens is 2. The van der Waals surface area contributed by atoms with Crippen LogP contribution < -0.4 is 10.6 Å². The smallest absolute Gasteiger partial charge is 0.249 e. The van der Waals surface area contributed by atoms with E-state index in [1.165, 1.54) is 11.3 Å². The first-order valence-corrected chi connectivity index (χ1v) is 5.00. The first kappa shape index (κ1) is 9.07. The molecule has 0 radical (unpaired) electrons. The third-order valence-corrected chi connectivity index (χ3v) is 2.52. The lowest BCUT2D eigenvalue weighted by Crippen LogP contribution is -2.47. The van der Waals surface area contributed by atoms with Crippen LogP contribution in [0.3, 0.4) is 0 Å². The Morgan fingerprint density at radius 3 is 3.07 bits per heavy atom. The third kappa shape index (κ3) is 1.87. The van der Waals surface area contributed by atoms with Gasteiger partial charge in [0.1, 0.15) is 11.6 Å². The highest BCUT2D eigenvalue weighted by molar-refractivity contribution is 7.13. The third-order valence-electron chi connectivity index (χ3n) is 1.90. The molecule has 1 aromatic heterocycles. The van der Waals surface area contributed by atoms with Gasteiger partial charge in [0.15, 0.2) is 0 Å². The van der Waals surface area contributed by atoms with Gasteiger partial charge in [-0.05, 0) is 6.42 Å². The molecule has 1 unspecified atom stereocenters. The molecule has 0 aromatic carbocycles. The summed E-state index contributed by atoms with van der Waals surface area (Å²) < 4.78 is 0. The largest absolute Gasteiger partial charge is 0.348 e. The predicted octanol–water partition coefficient (Wildman–Crippen LogP) is -0.245. The molecule has 1 aliphatic rings. The lowest BCUT2D eigenvalue weighted by atomic mass is 10.1. The Kier molecular flexibility index (Phi) is 2.40. The van der Waals surface area contributed by atoms with Crippen molar-refractivity contribution in [2.75, 3.05) is 5.32 Å². The zero-order chi connectivity index (χ0) is 9.97. The number of nitrogens with zero attached hydrogens (tertiary/aromatic N) is 2. The average molecular weight is 212 g/mol. The number of piperidine rings is 1. The zero-order valence-corrected chi connectivity index (χ0v) is 8.00. The van der Waals surface area contributed by atoms with E-state index in [2.05, 4.69) is 20.8 Å². The van der Waals surface area contributed by atoms with E-state index in [1.807, 2.05) is 0 Å². The number of rotatable bonds is 2. The first-order chi connectivity index (χ1) is 6.75. The van der Waals surface area contributed by atoms with Crippen molar-refractivity contribution in [3.63, 3.8) is 0 Å². The molecule has 0 spiro atoms. The minimum atomic E-state index is -0.374. The summed E-state index contributed by atoms with van der Waals surface area (Å²) in [7, 11) is 0. The molecule has 1 atom stereocenters. The molecular formula is C7H8N4O2S. The maximum absolute atomic E-state index is 11.3. The summed E-state index contributed by atoms with van der Waals surface area (Å²) in [6, 6.07) is -0.374. The Morgan fingerprint density at radius 1 is 1.57 bits per heavy atom.